The molecule has 0 spiro atoms. The number of hydrogen-bond donors (Lipinski definition) is 2. The molecule has 1 amide bonds. The number of rotatable bonds is 6. The Morgan fingerprint density at radius 2 is 2.04 bits per heavy atom. The summed E-state index contributed by atoms with van der Waals surface area (Å²) in [6.45, 7) is 3.48. The summed E-state index contributed by atoms with van der Waals surface area (Å²) in [5.41, 5.74) is 2.21. The van der Waals surface area contributed by atoms with E-state index in [2.05, 4.69) is 10.6 Å². The van der Waals surface area contributed by atoms with Gasteiger partial charge in [0, 0.05) is 10.3 Å². The standard InChI is InChI=1S/C21H29ClN2O2/c1-14-3-4-18(26-2)17(5-14)24-19(25)11-23-13-20-7-15-6-16(8-20)10-21(22,9-15)12-20/h3-5,15-16,23H,6-13H2,1-2H3,(H,24,25)/p+1/t15-,16+,20?,21?. The van der Waals surface area contributed by atoms with E-state index in [9.17, 15) is 4.79 Å². The van der Waals surface area contributed by atoms with Gasteiger partial charge < -0.3 is 15.4 Å². The predicted octanol–water partition coefficient (Wildman–Crippen LogP) is 3.08. The molecule has 0 aliphatic heterocycles. The van der Waals surface area contributed by atoms with Crippen molar-refractivity contribution < 1.29 is 14.8 Å². The quantitative estimate of drug-likeness (QED) is 0.748. The number of alkyl halides is 1. The highest BCUT2D eigenvalue weighted by Crippen LogP contribution is 2.63. The number of nitrogens with one attached hydrogen (secondary N) is 1. The van der Waals surface area contributed by atoms with E-state index in [-0.39, 0.29) is 10.8 Å². The fourth-order valence-corrected chi connectivity index (χ4v) is 6.92. The summed E-state index contributed by atoms with van der Waals surface area (Å²) in [5.74, 6) is 2.35. The van der Waals surface area contributed by atoms with Crippen LogP contribution in [0.4, 0.5) is 5.69 Å². The summed E-state index contributed by atoms with van der Waals surface area (Å²) in [4.78, 5) is 12.5. The number of benzene rings is 1. The SMILES string of the molecule is COc1ccc(C)cc1NC(=O)C[NH2+]CC12C[C@@H]3C[C@@H](CC(Cl)(C3)C1)C2. The molecule has 2 unspecified atom stereocenters. The summed E-state index contributed by atoms with van der Waals surface area (Å²) >= 11 is 6.91. The lowest BCUT2D eigenvalue weighted by atomic mass is 9.49. The summed E-state index contributed by atoms with van der Waals surface area (Å²) < 4.78 is 5.34. The summed E-state index contributed by atoms with van der Waals surface area (Å²) in [6.07, 6.45) is 7.55. The lowest BCUT2D eigenvalue weighted by molar-refractivity contribution is -0.658. The molecule has 4 saturated carbocycles. The third-order valence-corrected chi connectivity index (χ3v) is 7.09. The van der Waals surface area contributed by atoms with E-state index in [0.717, 1.165) is 36.1 Å². The van der Waals surface area contributed by atoms with Gasteiger partial charge in [-0.2, -0.15) is 0 Å². The average Bonchev–Trinajstić information content (AvgIpc) is 2.52. The second-order valence-electron chi connectivity index (χ2n) is 9.06. The third kappa shape index (κ3) is 3.59. The Balaban J connectivity index is 1.33. The minimum Gasteiger partial charge on any atom is -0.495 e. The van der Waals surface area contributed by atoms with Gasteiger partial charge in [0.1, 0.15) is 5.75 Å². The van der Waals surface area contributed by atoms with Gasteiger partial charge in [0.2, 0.25) is 0 Å². The summed E-state index contributed by atoms with van der Waals surface area (Å²) in [7, 11) is 1.63. The van der Waals surface area contributed by atoms with E-state index >= 15 is 0 Å². The molecule has 26 heavy (non-hydrogen) atoms. The van der Waals surface area contributed by atoms with Crippen LogP contribution in [0.5, 0.6) is 5.75 Å². The maximum atomic E-state index is 12.4. The van der Waals surface area contributed by atoms with Crippen LogP contribution < -0.4 is 15.4 Å². The Morgan fingerprint density at radius 1 is 1.31 bits per heavy atom. The Bertz CT molecular complexity index is 691. The maximum Gasteiger partial charge on any atom is 0.279 e. The number of hydrogen-bond acceptors (Lipinski definition) is 2. The first-order chi connectivity index (χ1) is 12.4. The molecule has 4 nitrogen and oxygen atoms in total. The van der Waals surface area contributed by atoms with Crippen LogP contribution >= 0.6 is 11.6 Å². The van der Waals surface area contributed by atoms with Gasteiger partial charge in [-0.25, -0.2) is 0 Å². The molecule has 4 fully saturated rings. The first-order valence-electron chi connectivity index (χ1n) is 9.84. The van der Waals surface area contributed by atoms with E-state index in [1.54, 1.807) is 7.11 Å². The van der Waals surface area contributed by atoms with Crippen molar-refractivity contribution >= 4 is 23.2 Å². The van der Waals surface area contributed by atoms with Crippen molar-refractivity contribution in [3.8, 4) is 5.75 Å². The van der Waals surface area contributed by atoms with Crippen molar-refractivity contribution in [3.63, 3.8) is 0 Å². The van der Waals surface area contributed by atoms with E-state index in [0.29, 0.717) is 17.7 Å². The van der Waals surface area contributed by atoms with Gasteiger partial charge >= 0.3 is 0 Å². The summed E-state index contributed by atoms with van der Waals surface area (Å²) in [6, 6.07) is 5.83. The first kappa shape index (κ1) is 18.1. The summed E-state index contributed by atoms with van der Waals surface area (Å²) in [5, 5.41) is 5.18. The van der Waals surface area contributed by atoms with Crippen LogP contribution in [0.2, 0.25) is 0 Å². The molecule has 4 bridgehead atoms. The Hall–Kier alpha value is -1.26. The third-order valence-electron chi connectivity index (χ3n) is 6.65. The number of methoxy groups -OCH3 is 1. The number of carbonyl (C=O) groups is 1. The van der Waals surface area contributed by atoms with Crippen molar-refractivity contribution in [2.75, 3.05) is 25.5 Å². The zero-order chi connectivity index (χ0) is 18.4. The molecule has 1 aromatic carbocycles. The minimum absolute atomic E-state index is 0.0271. The molecule has 142 valence electrons. The lowest BCUT2D eigenvalue weighted by Crippen LogP contribution is -2.89. The van der Waals surface area contributed by atoms with E-state index in [4.69, 9.17) is 16.3 Å². The maximum absolute atomic E-state index is 12.4. The second kappa shape index (κ2) is 6.72. The Labute approximate surface area is 161 Å². The molecule has 0 saturated heterocycles. The van der Waals surface area contributed by atoms with Crippen LogP contribution in [-0.2, 0) is 4.79 Å². The van der Waals surface area contributed by atoms with Gasteiger partial charge in [0.15, 0.2) is 6.54 Å². The monoisotopic (exact) mass is 377 g/mol. The second-order valence-corrected chi connectivity index (χ2v) is 9.86. The molecule has 5 rings (SSSR count). The molecule has 4 aliphatic carbocycles. The van der Waals surface area contributed by atoms with Gasteiger partial charge in [-0.15, -0.1) is 11.6 Å². The molecule has 5 heteroatoms. The van der Waals surface area contributed by atoms with Crippen molar-refractivity contribution in [2.45, 2.75) is 50.3 Å². The predicted molar refractivity (Wildman–Crippen MR) is 104 cm³/mol. The van der Waals surface area contributed by atoms with Crippen molar-refractivity contribution in [1.82, 2.24) is 0 Å². The van der Waals surface area contributed by atoms with Gasteiger partial charge in [0.25, 0.3) is 5.91 Å². The highest BCUT2D eigenvalue weighted by Gasteiger charge is 2.57. The fourth-order valence-electron chi connectivity index (χ4n) is 6.20. The van der Waals surface area contributed by atoms with Crippen molar-refractivity contribution in [2.24, 2.45) is 17.3 Å². The number of aryl methyl sites for hydroxylation is 1. The smallest absolute Gasteiger partial charge is 0.279 e. The molecule has 0 radical (unpaired) electrons. The number of anilines is 1. The number of halogens is 1. The highest BCUT2D eigenvalue weighted by atomic mass is 35.5. The van der Waals surface area contributed by atoms with Crippen molar-refractivity contribution in [3.05, 3.63) is 23.8 Å². The molecule has 3 N–H and O–H groups in total. The van der Waals surface area contributed by atoms with E-state index in [1.807, 2.05) is 25.1 Å². The Morgan fingerprint density at radius 3 is 2.69 bits per heavy atom. The molecule has 1 aromatic rings. The number of nitrogens with two attached hydrogens (primary N) is 1. The van der Waals surface area contributed by atoms with Gasteiger partial charge in [-0.3, -0.25) is 4.79 Å². The normalized spacial score (nSPS) is 34.7. The molecular weight excluding hydrogens is 348 g/mol. The molecule has 0 heterocycles. The zero-order valence-electron chi connectivity index (χ0n) is 15.8. The number of quaternary nitrogens is 1. The zero-order valence-corrected chi connectivity index (χ0v) is 16.6. The topological polar surface area (TPSA) is 54.9 Å². The van der Waals surface area contributed by atoms with Crippen LogP contribution in [0.1, 0.15) is 44.1 Å². The first-order valence-corrected chi connectivity index (χ1v) is 10.2. The minimum atomic E-state index is 0.0271. The van der Waals surface area contributed by atoms with Crippen LogP contribution in [0.3, 0.4) is 0 Å². The molecule has 0 aromatic heterocycles. The van der Waals surface area contributed by atoms with Crippen molar-refractivity contribution in [1.29, 1.82) is 0 Å². The molecule has 4 aliphatic rings. The lowest BCUT2D eigenvalue weighted by Gasteiger charge is -2.59. The van der Waals surface area contributed by atoms with Crippen LogP contribution in [0, 0.1) is 24.2 Å². The van der Waals surface area contributed by atoms with Gasteiger partial charge in [0.05, 0.1) is 19.3 Å². The Kier molecular flexibility index (Phi) is 4.68. The van der Waals surface area contributed by atoms with Crippen LogP contribution in [0.15, 0.2) is 18.2 Å². The van der Waals surface area contributed by atoms with Gasteiger partial charge in [-0.05, 0) is 75.0 Å². The van der Waals surface area contributed by atoms with E-state index in [1.165, 1.54) is 32.1 Å². The average molecular weight is 378 g/mol. The number of carbonyl (C=O) groups excluding carboxylic acids is 1. The number of amides is 1. The van der Waals surface area contributed by atoms with E-state index < -0.39 is 0 Å². The molecular formula is C21H30ClN2O2+. The number of ether oxygens (including phenoxy) is 1. The fraction of sp³-hybridized carbons (Fsp3) is 0.667. The highest BCUT2D eigenvalue weighted by molar-refractivity contribution is 6.24. The van der Waals surface area contributed by atoms with Crippen LogP contribution in [-0.4, -0.2) is 31.0 Å². The van der Waals surface area contributed by atoms with Crippen LogP contribution in [0.25, 0.3) is 0 Å². The molecule has 4 atom stereocenters. The largest absolute Gasteiger partial charge is 0.495 e. The van der Waals surface area contributed by atoms with Gasteiger partial charge in [-0.1, -0.05) is 6.07 Å².